The molecule has 3 aromatic heterocycles. The lowest BCUT2D eigenvalue weighted by Gasteiger charge is -2.36. The highest BCUT2D eigenvalue weighted by atomic mass is 19.4. The number of rotatable bonds is 12. The Morgan fingerprint density at radius 1 is 1.00 bits per heavy atom. The van der Waals surface area contributed by atoms with E-state index in [4.69, 9.17) is 4.42 Å². The lowest BCUT2D eigenvalue weighted by molar-refractivity contribution is -0.133. The molecule has 1 unspecified atom stereocenters. The summed E-state index contributed by atoms with van der Waals surface area (Å²) in [4.78, 5) is 49.1. The highest BCUT2D eigenvalue weighted by Gasteiger charge is 2.28. The van der Waals surface area contributed by atoms with Crippen LogP contribution in [-0.2, 0) is 16.1 Å². The zero-order valence-corrected chi connectivity index (χ0v) is 29.5. The van der Waals surface area contributed by atoms with Crippen molar-refractivity contribution in [1.82, 2.24) is 30.0 Å². The Labute approximate surface area is 316 Å². The molecule has 2 aliphatic rings. The largest absolute Gasteiger partial charge is 0.444 e. The van der Waals surface area contributed by atoms with E-state index >= 15 is 0 Å². The van der Waals surface area contributed by atoms with Gasteiger partial charge in [0.05, 0.1) is 17.6 Å². The summed E-state index contributed by atoms with van der Waals surface area (Å²) >= 11 is 0. The second-order valence-corrected chi connectivity index (χ2v) is 13.2. The Morgan fingerprint density at radius 2 is 1.77 bits per heavy atom. The van der Waals surface area contributed by atoms with Crippen LogP contribution in [-0.4, -0.2) is 87.3 Å². The molecule has 19 heteroatoms. The second kappa shape index (κ2) is 16.2. The van der Waals surface area contributed by atoms with E-state index in [9.17, 15) is 36.3 Å². The van der Waals surface area contributed by atoms with Gasteiger partial charge in [0.15, 0.2) is 11.4 Å². The number of carbonyl (C=O) groups is 3. The number of hydrogen-bond acceptors (Lipinski definition) is 11. The van der Waals surface area contributed by atoms with Crippen molar-refractivity contribution < 1.29 is 40.8 Å². The molecule has 14 nitrogen and oxygen atoms in total. The smallest absolute Gasteiger partial charge is 0.405 e. The van der Waals surface area contributed by atoms with Gasteiger partial charge in [-0.25, -0.2) is 23.4 Å². The summed E-state index contributed by atoms with van der Waals surface area (Å²) < 4.78 is 72.4. The molecule has 7 rings (SSSR count). The Morgan fingerprint density at radius 3 is 2.50 bits per heavy atom. The number of halogens is 5. The van der Waals surface area contributed by atoms with Crippen molar-refractivity contribution in [2.24, 2.45) is 0 Å². The minimum Gasteiger partial charge on any atom is -0.444 e. The minimum atomic E-state index is -4.46. The number of hydrogen-bond donors (Lipinski definition) is 4. The first-order chi connectivity index (χ1) is 26.9. The molecule has 0 bridgehead atoms. The van der Waals surface area contributed by atoms with Crippen LogP contribution in [0, 0.1) is 0 Å². The van der Waals surface area contributed by atoms with E-state index in [0.29, 0.717) is 18.5 Å². The van der Waals surface area contributed by atoms with Crippen LogP contribution in [0.15, 0.2) is 83.7 Å². The first-order valence-electron chi connectivity index (χ1n) is 17.6. The van der Waals surface area contributed by atoms with Crippen LogP contribution >= 0.6 is 0 Å². The zero-order valence-electron chi connectivity index (χ0n) is 29.5. The van der Waals surface area contributed by atoms with Crippen LogP contribution in [0.25, 0.3) is 17.1 Å². The molecule has 4 N–H and O–H groups in total. The molecule has 2 aromatic carbocycles. The normalized spacial score (nSPS) is 16.5. The monoisotopic (exact) mass is 778 g/mol. The molecule has 0 spiro atoms. The molecule has 5 aromatic rings. The average Bonchev–Trinajstić information content (AvgIpc) is 3.85. The summed E-state index contributed by atoms with van der Waals surface area (Å²) in [5.41, 5.74) is 2.41. The number of oxazole rings is 1. The second-order valence-electron chi connectivity index (χ2n) is 13.2. The van der Waals surface area contributed by atoms with E-state index in [0.717, 1.165) is 55.9 Å². The van der Waals surface area contributed by atoms with E-state index in [1.54, 1.807) is 12.1 Å². The van der Waals surface area contributed by atoms with E-state index in [1.807, 2.05) is 36.4 Å². The average molecular weight is 779 g/mol. The van der Waals surface area contributed by atoms with Gasteiger partial charge in [0.1, 0.15) is 24.7 Å². The minimum absolute atomic E-state index is 0.0910. The van der Waals surface area contributed by atoms with Crippen LogP contribution in [0.1, 0.15) is 41.0 Å². The number of amides is 3. The van der Waals surface area contributed by atoms with Gasteiger partial charge in [-0.2, -0.15) is 18.3 Å². The molecule has 56 heavy (non-hydrogen) atoms. The highest BCUT2D eigenvalue weighted by molar-refractivity contribution is 6.03. The predicted molar refractivity (Wildman–Crippen MR) is 194 cm³/mol. The molecule has 292 valence electrons. The molecule has 2 fully saturated rings. The number of piperidine rings is 1. The number of imide groups is 1. The lowest BCUT2D eigenvalue weighted by Crippen LogP contribution is -2.47. The van der Waals surface area contributed by atoms with Gasteiger partial charge in [0.2, 0.25) is 17.7 Å². The fourth-order valence-electron chi connectivity index (χ4n) is 6.36. The van der Waals surface area contributed by atoms with Crippen molar-refractivity contribution in [2.75, 3.05) is 53.6 Å². The maximum Gasteiger partial charge on any atom is 0.405 e. The lowest BCUT2D eigenvalue weighted by atomic mass is 10.1. The van der Waals surface area contributed by atoms with Gasteiger partial charge in [-0.3, -0.25) is 24.6 Å². The third-order valence-electron chi connectivity index (χ3n) is 9.18. The summed E-state index contributed by atoms with van der Waals surface area (Å²) in [5.74, 6) is -1.63. The van der Waals surface area contributed by atoms with Crippen molar-refractivity contribution in [3.63, 3.8) is 0 Å². The van der Waals surface area contributed by atoms with Crippen LogP contribution in [0.5, 0.6) is 0 Å². The topological polar surface area (TPSA) is 163 Å². The van der Waals surface area contributed by atoms with Crippen molar-refractivity contribution in [2.45, 2.75) is 38.0 Å². The van der Waals surface area contributed by atoms with Crippen LogP contribution in [0.4, 0.5) is 44.8 Å². The number of carbonyl (C=O) groups excluding carboxylic acids is 3. The molecule has 3 amide bonds. The van der Waals surface area contributed by atoms with Gasteiger partial charge in [-0.15, -0.1) is 0 Å². The summed E-state index contributed by atoms with van der Waals surface area (Å²) in [6.45, 7) is 2.51. The maximum absolute atomic E-state index is 14.0. The highest BCUT2D eigenvalue weighted by Crippen LogP contribution is 2.29. The van der Waals surface area contributed by atoms with E-state index < -0.39 is 36.8 Å². The Hall–Kier alpha value is -6.37. The molecule has 5 heterocycles. The molecular weight excluding hydrogens is 743 g/mol. The number of nitrogens with zero attached hydrogens (tertiary/aromatic N) is 6. The van der Waals surface area contributed by atoms with Crippen LogP contribution < -0.4 is 26.2 Å². The van der Waals surface area contributed by atoms with Gasteiger partial charge >= 0.3 is 6.18 Å². The molecular formula is C37H35F5N10O4. The summed E-state index contributed by atoms with van der Waals surface area (Å²) in [7, 11) is 0. The number of anilines is 4. The number of pyridine rings is 1. The Balaban J connectivity index is 0.941. The van der Waals surface area contributed by atoms with E-state index in [1.165, 1.54) is 29.2 Å². The number of alkyl halides is 5. The van der Waals surface area contributed by atoms with Crippen molar-refractivity contribution in [1.29, 1.82) is 0 Å². The molecule has 0 saturated carbocycles. The maximum atomic E-state index is 14.0. The number of nitrogens with one attached hydrogen (secondary N) is 4. The third kappa shape index (κ3) is 9.28. The van der Waals surface area contributed by atoms with Gasteiger partial charge in [-0.05, 0) is 60.5 Å². The molecule has 2 aliphatic heterocycles. The summed E-state index contributed by atoms with van der Waals surface area (Å²) in [6.07, 6.45) is -3.22. The number of aromatic nitrogens is 4. The first kappa shape index (κ1) is 37.9. The summed E-state index contributed by atoms with van der Waals surface area (Å²) in [6, 6.07) is 17.3. The first-order valence-corrected chi connectivity index (χ1v) is 17.6. The predicted octanol–water partition coefficient (Wildman–Crippen LogP) is 5.63. The fraction of sp³-hybridized carbons (Fsp3) is 0.297. The van der Waals surface area contributed by atoms with Crippen LogP contribution in [0.3, 0.4) is 0 Å². The van der Waals surface area contributed by atoms with Gasteiger partial charge in [0, 0.05) is 62.3 Å². The van der Waals surface area contributed by atoms with Gasteiger partial charge in [0.25, 0.3) is 12.3 Å². The van der Waals surface area contributed by atoms with Crippen molar-refractivity contribution in [3.05, 3.63) is 96.3 Å². The number of piperazine rings is 1. The Kier molecular flexibility index (Phi) is 10.9. The van der Waals surface area contributed by atoms with E-state index in [2.05, 4.69) is 46.1 Å². The molecule has 2 saturated heterocycles. The van der Waals surface area contributed by atoms with E-state index in [-0.39, 0.29) is 40.5 Å². The number of benzene rings is 2. The zero-order chi connectivity index (χ0) is 39.4. The molecule has 0 radical (unpaired) electrons. The SMILES string of the molecule is O=C1CCC(Nc2cccc(CN3CCN(c4ccc(-n5cc(NC(=O)c6coc(-c7ccnc(NCC(F)(F)F)c7)n6)c(C(F)F)n5)cc4)CC3)c2)C(=O)N1. The van der Waals surface area contributed by atoms with Crippen LogP contribution in [0.2, 0.25) is 0 Å². The summed E-state index contributed by atoms with van der Waals surface area (Å²) in [5, 5.41) is 14.2. The van der Waals surface area contributed by atoms with Crippen molar-refractivity contribution >= 4 is 40.6 Å². The van der Waals surface area contributed by atoms with Gasteiger partial charge < -0.3 is 25.3 Å². The fourth-order valence-corrected chi connectivity index (χ4v) is 6.36. The van der Waals surface area contributed by atoms with Crippen molar-refractivity contribution in [3.8, 4) is 17.1 Å². The quantitative estimate of drug-likeness (QED) is 0.0919. The third-order valence-corrected chi connectivity index (χ3v) is 9.18. The van der Waals surface area contributed by atoms with Gasteiger partial charge in [-0.1, -0.05) is 12.1 Å². The Bertz CT molecular complexity index is 2200. The standard InChI is InChI=1S/C37H35F5N10O4/c38-33(39)32-28(46-35(55)29-20-56-36(47-29)23-10-11-43-30(17-23)44-21-37(40,41)42)19-52(49-32)26-6-4-25(5-7-26)51-14-12-50(13-15-51)18-22-2-1-3-24(16-22)45-27-8-9-31(53)48-34(27)54/h1-7,10-11,16-17,19-20,27,33,45H,8-9,12-15,18,21H2,(H,43,44)(H,46,55)(H,48,53,54). The molecule has 0 aliphatic carbocycles. The molecule has 1 atom stereocenters.